The van der Waals surface area contributed by atoms with Gasteiger partial charge in [-0.05, 0) is 19.4 Å². The van der Waals surface area contributed by atoms with Crippen molar-refractivity contribution in [2.24, 2.45) is 0 Å². The first-order valence-electron chi connectivity index (χ1n) is 7.76. The Labute approximate surface area is 141 Å². The van der Waals surface area contributed by atoms with Crippen LogP contribution in [0, 0.1) is 0 Å². The number of hydrogen-bond acceptors (Lipinski definition) is 6. The third-order valence-electron chi connectivity index (χ3n) is 4.11. The lowest BCUT2D eigenvalue weighted by Crippen LogP contribution is -2.42. The van der Waals surface area contributed by atoms with Crippen LogP contribution >= 0.6 is 0 Å². The molecule has 1 fully saturated rings. The predicted molar refractivity (Wildman–Crippen MR) is 80.9 cm³/mol. The second kappa shape index (κ2) is 6.69. The van der Waals surface area contributed by atoms with Crippen LogP contribution in [0.25, 0.3) is 0 Å². The highest BCUT2D eigenvalue weighted by atomic mass is 19.4. The molecule has 3 rings (SSSR count). The number of halogens is 3. The molecule has 0 radical (unpaired) electrons. The molecule has 25 heavy (non-hydrogen) atoms. The number of hydrogen-bond donors (Lipinski definition) is 0. The quantitative estimate of drug-likeness (QED) is 0.837. The molecule has 3 heterocycles. The maximum atomic E-state index is 13.0. The summed E-state index contributed by atoms with van der Waals surface area (Å²) in [4.78, 5) is 24.2. The minimum absolute atomic E-state index is 0.239. The molecule has 134 valence electrons. The van der Waals surface area contributed by atoms with E-state index < -0.39 is 23.3 Å². The van der Waals surface area contributed by atoms with E-state index in [4.69, 9.17) is 0 Å². The van der Waals surface area contributed by atoms with Gasteiger partial charge >= 0.3 is 6.18 Å². The highest BCUT2D eigenvalue weighted by Crippen LogP contribution is 2.32. The number of rotatable bonds is 4. The van der Waals surface area contributed by atoms with Crippen LogP contribution in [-0.4, -0.2) is 51.6 Å². The molecule has 1 saturated heterocycles. The Morgan fingerprint density at radius 1 is 1.40 bits per heavy atom. The van der Waals surface area contributed by atoms with Crippen LogP contribution < -0.4 is 4.90 Å². The zero-order chi connectivity index (χ0) is 18.0. The summed E-state index contributed by atoms with van der Waals surface area (Å²) >= 11 is 0. The van der Waals surface area contributed by atoms with Crippen molar-refractivity contribution in [1.82, 2.24) is 20.0 Å². The summed E-state index contributed by atoms with van der Waals surface area (Å²) < 4.78 is 43.2. The Bertz CT molecular complexity index is 734. The Morgan fingerprint density at radius 3 is 2.76 bits per heavy atom. The van der Waals surface area contributed by atoms with Gasteiger partial charge in [0.05, 0.1) is 6.04 Å². The van der Waals surface area contributed by atoms with E-state index in [0.717, 1.165) is 6.26 Å². The second-order valence-corrected chi connectivity index (χ2v) is 5.60. The maximum absolute atomic E-state index is 13.0. The van der Waals surface area contributed by atoms with E-state index in [1.165, 1.54) is 4.90 Å². The molecule has 1 amide bonds. The summed E-state index contributed by atoms with van der Waals surface area (Å²) in [6, 6.07) is 1.46. The Balaban J connectivity index is 1.77. The van der Waals surface area contributed by atoms with Crippen molar-refractivity contribution in [3.8, 4) is 0 Å². The molecule has 1 aliphatic heterocycles. The molecule has 0 spiro atoms. The van der Waals surface area contributed by atoms with E-state index in [9.17, 15) is 18.0 Å². The fraction of sp³-hybridized carbons (Fsp3) is 0.467. The summed E-state index contributed by atoms with van der Waals surface area (Å²) in [6.45, 7) is 3.07. The lowest BCUT2D eigenvalue weighted by Gasteiger charge is -2.27. The Morgan fingerprint density at radius 2 is 2.12 bits per heavy atom. The van der Waals surface area contributed by atoms with Crippen molar-refractivity contribution in [2.75, 3.05) is 24.5 Å². The molecule has 0 aliphatic carbocycles. The molecule has 0 N–H and O–H groups in total. The van der Waals surface area contributed by atoms with Gasteiger partial charge in [0.1, 0.15) is 11.8 Å². The number of alkyl halides is 3. The summed E-state index contributed by atoms with van der Waals surface area (Å²) in [7, 11) is 0. The first kappa shape index (κ1) is 17.2. The fourth-order valence-electron chi connectivity index (χ4n) is 2.95. The molecule has 10 heteroatoms. The molecule has 1 aliphatic rings. The highest BCUT2D eigenvalue weighted by molar-refractivity contribution is 5.95. The van der Waals surface area contributed by atoms with Crippen molar-refractivity contribution in [2.45, 2.75) is 25.6 Å². The van der Waals surface area contributed by atoms with Gasteiger partial charge < -0.3 is 14.3 Å². The van der Waals surface area contributed by atoms with Gasteiger partial charge in [-0.1, -0.05) is 5.16 Å². The summed E-state index contributed by atoms with van der Waals surface area (Å²) in [6.07, 6.45) is -0.140. The normalized spacial score (nSPS) is 17.8. The molecule has 2 aromatic heterocycles. The first-order valence-corrected chi connectivity index (χ1v) is 7.76. The van der Waals surface area contributed by atoms with Crippen LogP contribution in [0.5, 0.6) is 0 Å². The van der Waals surface area contributed by atoms with Crippen LogP contribution in [0.4, 0.5) is 19.1 Å². The van der Waals surface area contributed by atoms with Crippen LogP contribution in [0.3, 0.4) is 0 Å². The lowest BCUT2D eigenvalue weighted by atomic mass is 10.1. The average molecular weight is 355 g/mol. The zero-order valence-electron chi connectivity index (χ0n) is 13.4. The molecule has 0 bridgehead atoms. The maximum Gasteiger partial charge on any atom is 0.437 e. The number of carbonyl (C=O) groups is 1. The van der Waals surface area contributed by atoms with Gasteiger partial charge in [-0.2, -0.15) is 13.2 Å². The smallest absolute Gasteiger partial charge is 0.363 e. The lowest BCUT2D eigenvalue weighted by molar-refractivity contribution is -0.143. The van der Waals surface area contributed by atoms with E-state index in [-0.39, 0.29) is 12.6 Å². The minimum Gasteiger partial charge on any atom is -0.363 e. The van der Waals surface area contributed by atoms with Gasteiger partial charge in [-0.25, -0.2) is 9.97 Å². The van der Waals surface area contributed by atoms with Crippen LogP contribution in [-0.2, 0) is 6.18 Å². The minimum atomic E-state index is -4.74. The molecular weight excluding hydrogens is 339 g/mol. The number of anilines is 1. The van der Waals surface area contributed by atoms with Gasteiger partial charge in [-0.15, -0.1) is 0 Å². The monoisotopic (exact) mass is 355 g/mol. The highest BCUT2D eigenvalue weighted by Gasteiger charge is 2.41. The predicted octanol–water partition coefficient (Wildman–Crippen LogP) is 2.22. The molecule has 0 aromatic carbocycles. The SMILES string of the molecule is CCN(C(=O)c1conc1C(F)(F)F)C1CCN(c2ncccn2)C1. The van der Waals surface area contributed by atoms with Crippen molar-refractivity contribution >= 4 is 11.9 Å². The third-order valence-corrected chi connectivity index (χ3v) is 4.11. The van der Waals surface area contributed by atoms with Gasteiger partial charge in [0.15, 0.2) is 5.69 Å². The Hall–Kier alpha value is -2.65. The number of nitrogens with zero attached hydrogens (tertiary/aromatic N) is 5. The number of carbonyl (C=O) groups excluding carboxylic acids is 1. The van der Waals surface area contributed by atoms with E-state index in [2.05, 4.69) is 19.6 Å². The molecular formula is C15H16F3N5O2. The summed E-state index contributed by atoms with van der Waals surface area (Å²) in [5, 5.41) is 2.94. The Kier molecular flexibility index (Phi) is 4.60. The fourth-order valence-corrected chi connectivity index (χ4v) is 2.95. The van der Waals surface area contributed by atoms with Gasteiger partial charge in [0.2, 0.25) is 5.95 Å². The van der Waals surface area contributed by atoms with Crippen LogP contribution in [0.15, 0.2) is 29.2 Å². The van der Waals surface area contributed by atoms with E-state index in [1.54, 1.807) is 25.4 Å². The molecule has 1 atom stereocenters. The van der Waals surface area contributed by atoms with E-state index in [0.29, 0.717) is 25.5 Å². The topological polar surface area (TPSA) is 75.4 Å². The first-order chi connectivity index (χ1) is 11.9. The third kappa shape index (κ3) is 3.42. The van der Waals surface area contributed by atoms with Gasteiger partial charge in [-0.3, -0.25) is 4.79 Å². The number of likely N-dealkylation sites (N-methyl/N-ethyl adjacent to an activating group) is 1. The molecule has 2 aromatic rings. The van der Waals surface area contributed by atoms with Crippen molar-refractivity contribution < 1.29 is 22.5 Å². The van der Waals surface area contributed by atoms with E-state index in [1.807, 2.05) is 4.90 Å². The average Bonchev–Trinajstić information content (AvgIpc) is 3.25. The standard InChI is InChI=1S/C15H16F3N5O2/c1-2-23(13(24)11-9-25-21-12(11)15(16,17)18)10-4-7-22(8-10)14-19-5-3-6-20-14/h3,5-6,9-10H,2,4,7-8H2,1H3. The molecule has 0 saturated carbocycles. The molecule has 7 nitrogen and oxygen atoms in total. The van der Waals surface area contributed by atoms with Crippen LogP contribution in [0.1, 0.15) is 29.4 Å². The van der Waals surface area contributed by atoms with Crippen molar-refractivity contribution in [3.63, 3.8) is 0 Å². The zero-order valence-corrected chi connectivity index (χ0v) is 13.4. The second-order valence-electron chi connectivity index (χ2n) is 5.60. The largest absolute Gasteiger partial charge is 0.437 e. The van der Waals surface area contributed by atoms with Gasteiger partial charge in [0.25, 0.3) is 5.91 Å². The van der Waals surface area contributed by atoms with Crippen LogP contribution in [0.2, 0.25) is 0 Å². The molecule has 1 unspecified atom stereocenters. The van der Waals surface area contributed by atoms with Gasteiger partial charge in [0, 0.05) is 32.0 Å². The number of aromatic nitrogens is 3. The van der Waals surface area contributed by atoms with E-state index >= 15 is 0 Å². The summed E-state index contributed by atoms with van der Waals surface area (Å²) in [5.74, 6) is -0.202. The number of amides is 1. The van der Waals surface area contributed by atoms with Crippen molar-refractivity contribution in [1.29, 1.82) is 0 Å². The van der Waals surface area contributed by atoms with Crippen molar-refractivity contribution in [3.05, 3.63) is 36.0 Å². The summed E-state index contributed by atoms with van der Waals surface area (Å²) in [5.41, 5.74) is -1.86.